The number of hydrogen-bond acceptors (Lipinski definition) is 2. The second-order valence-electron chi connectivity index (χ2n) is 4.60. The summed E-state index contributed by atoms with van der Waals surface area (Å²) in [7, 11) is 0. The SMILES string of the molecule is CCCn1cc(Br)cc1C(=O)NCCNC(C)C. The first-order valence-electron chi connectivity index (χ1n) is 6.41. The second-order valence-corrected chi connectivity index (χ2v) is 5.52. The Hall–Kier alpha value is -0.810. The van der Waals surface area contributed by atoms with Gasteiger partial charge in [0, 0.05) is 36.3 Å². The lowest BCUT2D eigenvalue weighted by Crippen LogP contribution is -2.35. The zero-order valence-corrected chi connectivity index (χ0v) is 12.9. The molecule has 0 unspecified atom stereocenters. The molecule has 0 saturated carbocycles. The summed E-state index contributed by atoms with van der Waals surface area (Å²) in [6.07, 6.45) is 2.96. The molecule has 0 aliphatic heterocycles. The zero-order chi connectivity index (χ0) is 13.5. The van der Waals surface area contributed by atoms with Crippen LogP contribution in [0.4, 0.5) is 0 Å². The summed E-state index contributed by atoms with van der Waals surface area (Å²) in [5.74, 6) is -0.0142. The highest BCUT2D eigenvalue weighted by atomic mass is 79.9. The molecule has 1 rings (SSSR count). The summed E-state index contributed by atoms with van der Waals surface area (Å²) in [4.78, 5) is 12.0. The lowest BCUT2D eigenvalue weighted by atomic mass is 10.3. The molecular formula is C13H22BrN3O. The fourth-order valence-electron chi connectivity index (χ4n) is 1.72. The van der Waals surface area contributed by atoms with E-state index in [9.17, 15) is 4.79 Å². The highest BCUT2D eigenvalue weighted by molar-refractivity contribution is 9.10. The minimum absolute atomic E-state index is 0.0142. The third kappa shape index (κ3) is 4.82. The number of nitrogens with zero attached hydrogens (tertiary/aromatic N) is 1. The van der Waals surface area contributed by atoms with Gasteiger partial charge in [0.05, 0.1) is 0 Å². The Morgan fingerprint density at radius 2 is 2.17 bits per heavy atom. The van der Waals surface area contributed by atoms with Crippen LogP contribution in [0, 0.1) is 0 Å². The third-order valence-electron chi connectivity index (χ3n) is 2.52. The highest BCUT2D eigenvalue weighted by Gasteiger charge is 2.11. The number of aromatic nitrogens is 1. The van der Waals surface area contributed by atoms with Gasteiger partial charge >= 0.3 is 0 Å². The van der Waals surface area contributed by atoms with E-state index in [0.29, 0.717) is 18.3 Å². The molecule has 0 fully saturated rings. The van der Waals surface area contributed by atoms with Crippen molar-refractivity contribution >= 4 is 21.8 Å². The highest BCUT2D eigenvalue weighted by Crippen LogP contribution is 2.15. The molecule has 18 heavy (non-hydrogen) atoms. The van der Waals surface area contributed by atoms with Crippen molar-refractivity contribution in [3.63, 3.8) is 0 Å². The molecule has 1 heterocycles. The van der Waals surface area contributed by atoms with E-state index in [1.807, 2.05) is 16.8 Å². The molecule has 0 atom stereocenters. The molecule has 4 nitrogen and oxygen atoms in total. The van der Waals surface area contributed by atoms with Crippen LogP contribution in [0.5, 0.6) is 0 Å². The fraction of sp³-hybridized carbons (Fsp3) is 0.615. The van der Waals surface area contributed by atoms with Gasteiger partial charge in [0.25, 0.3) is 5.91 Å². The van der Waals surface area contributed by atoms with E-state index >= 15 is 0 Å². The van der Waals surface area contributed by atoms with Gasteiger partial charge in [-0.3, -0.25) is 4.79 Å². The maximum absolute atomic E-state index is 12.0. The number of carbonyl (C=O) groups excluding carboxylic acids is 1. The minimum atomic E-state index is -0.0142. The molecule has 102 valence electrons. The molecule has 1 aromatic heterocycles. The summed E-state index contributed by atoms with van der Waals surface area (Å²) >= 11 is 3.41. The van der Waals surface area contributed by atoms with Crippen LogP contribution < -0.4 is 10.6 Å². The summed E-state index contributed by atoms with van der Waals surface area (Å²) in [5, 5.41) is 6.19. The predicted molar refractivity (Wildman–Crippen MR) is 77.9 cm³/mol. The quantitative estimate of drug-likeness (QED) is 0.759. The monoisotopic (exact) mass is 315 g/mol. The molecule has 0 aliphatic rings. The van der Waals surface area contributed by atoms with E-state index < -0.39 is 0 Å². The first-order chi connectivity index (χ1) is 8.54. The van der Waals surface area contributed by atoms with Gasteiger partial charge in [0.15, 0.2) is 0 Å². The van der Waals surface area contributed by atoms with Gasteiger partial charge < -0.3 is 15.2 Å². The summed E-state index contributed by atoms with van der Waals surface area (Å²) in [6, 6.07) is 2.31. The van der Waals surface area contributed by atoms with Crippen LogP contribution >= 0.6 is 15.9 Å². The smallest absolute Gasteiger partial charge is 0.267 e. The largest absolute Gasteiger partial charge is 0.349 e. The van der Waals surface area contributed by atoms with Crippen molar-refractivity contribution < 1.29 is 4.79 Å². The topological polar surface area (TPSA) is 46.1 Å². The Labute approximate surface area is 117 Å². The maximum Gasteiger partial charge on any atom is 0.267 e. The van der Waals surface area contributed by atoms with Crippen molar-refractivity contribution in [1.29, 1.82) is 0 Å². The van der Waals surface area contributed by atoms with E-state index in [0.717, 1.165) is 24.0 Å². The normalized spacial score (nSPS) is 10.9. The molecule has 0 radical (unpaired) electrons. The van der Waals surface area contributed by atoms with Crippen LogP contribution in [0.25, 0.3) is 0 Å². The van der Waals surface area contributed by atoms with Crippen LogP contribution in [-0.2, 0) is 6.54 Å². The molecule has 0 aromatic carbocycles. The van der Waals surface area contributed by atoms with Crippen molar-refractivity contribution in [3.05, 3.63) is 22.4 Å². The van der Waals surface area contributed by atoms with Crippen LogP contribution in [0.1, 0.15) is 37.7 Å². The number of amides is 1. The van der Waals surface area contributed by atoms with E-state index in [1.165, 1.54) is 0 Å². The Balaban J connectivity index is 2.50. The Morgan fingerprint density at radius 3 is 2.78 bits per heavy atom. The van der Waals surface area contributed by atoms with Crippen molar-refractivity contribution in [2.75, 3.05) is 13.1 Å². The van der Waals surface area contributed by atoms with Gasteiger partial charge in [-0.1, -0.05) is 20.8 Å². The summed E-state index contributed by atoms with van der Waals surface area (Å²) in [5.41, 5.74) is 0.716. The lowest BCUT2D eigenvalue weighted by molar-refractivity contribution is 0.0944. The molecule has 0 aliphatic carbocycles. The van der Waals surface area contributed by atoms with Gasteiger partial charge in [-0.15, -0.1) is 0 Å². The zero-order valence-electron chi connectivity index (χ0n) is 11.3. The Morgan fingerprint density at radius 1 is 1.44 bits per heavy atom. The summed E-state index contributed by atoms with van der Waals surface area (Å²) < 4.78 is 2.93. The predicted octanol–water partition coefficient (Wildman–Crippen LogP) is 2.39. The molecule has 2 N–H and O–H groups in total. The van der Waals surface area contributed by atoms with Gasteiger partial charge in [0.2, 0.25) is 0 Å². The van der Waals surface area contributed by atoms with Crippen molar-refractivity contribution in [2.45, 2.75) is 39.8 Å². The van der Waals surface area contributed by atoms with E-state index in [1.54, 1.807) is 0 Å². The van der Waals surface area contributed by atoms with Crippen LogP contribution in [0.3, 0.4) is 0 Å². The lowest BCUT2D eigenvalue weighted by Gasteiger charge is -2.10. The van der Waals surface area contributed by atoms with E-state index in [-0.39, 0.29) is 5.91 Å². The van der Waals surface area contributed by atoms with Crippen LogP contribution in [-0.4, -0.2) is 29.6 Å². The molecule has 1 amide bonds. The number of rotatable bonds is 7. The number of hydrogen-bond donors (Lipinski definition) is 2. The Kier molecular flexibility index (Phi) is 6.43. The average molecular weight is 316 g/mol. The number of aryl methyl sites for hydroxylation is 1. The molecular weight excluding hydrogens is 294 g/mol. The van der Waals surface area contributed by atoms with Gasteiger partial charge in [-0.25, -0.2) is 0 Å². The van der Waals surface area contributed by atoms with Gasteiger partial charge in [0.1, 0.15) is 5.69 Å². The molecule has 5 heteroatoms. The molecule has 1 aromatic rings. The van der Waals surface area contributed by atoms with Crippen molar-refractivity contribution in [2.24, 2.45) is 0 Å². The standard InChI is InChI=1S/C13H22BrN3O/c1-4-7-17-9-11(14)8-12(17)13(18)16-6-5-15-10(2)3/h8-10,15H,4-7H2,1-3H3,(H,16,18). The van der Waals surface area contributed by atoms with Crippen LogP contribution in [0.2, 0.25) is 0 Å². The number of halogens is 1. The van der Waals surface area contributed by atoms with Gasteiger partial charge in [-0.05, 0) is 28.4 Å². The average Bonchev–Trinajstić information content (AvgIpc) is 2.66. The fourth-order valence-corrected chi connectivity index (χ4v) is 2.18. The van der Waals surface area contributed by atoms with Crippen molar-refractivity contribution in [3.8, 4) is 0 Å². The molecule has 0 saturated heterocycles. The summed E-state index contributed by atoms with van der Waals surface area (Å²) in [6.45, 7) is 8.57. The van der Waals surface area contributed by atoms with E-state index in [4.69, 9.17) is 0 Å². The maximum atomic E-state index is 12.0. The Bertz CT molecular complexity index is 388. The van der Waals surface area contributed by atoms with E-state index in [2.05, 4.69) is 47.3 Å². The first kappa shape index (κ1) is 15.2. The number of nitrogens with one attached hydrogen (secondary N) is 2. The second kappa shape index (κ2) is 7.59. The van der Waals surface area contributed by atoms with Crippen molar-refractivity contribution in [1.82, 2.24) is 15.2 Å². The molecule has 0 bridgehead atoms. The number of carbonyl (C=O) groups is 1. The minimum Gasteiger partial charge on any atom is -0.349 e. The molecule has 0 spiro atoms. The first-order valence-corrected chi connectivity index (χ1v) is 7.21. The van der Waals surface area contributed by atoms with Gasteiger partial charge in [-0.2, -0.15) is 0 Å². The third-order valence-corrected chi connectivity index (χ3v) is 2.96. The van der Waals surface area contributed by atoms with Crippen LogP contribution in [0.15, 0.2) is 16.7 Å².